The molecule has 2 heteroatoms. The van der Waals surface area contributed by atoms with Gasteiger partial charge in [0, 0.05) is 12.1 Å². The number of hydrogen-bond acceptors (Lipinski definition) is 2. The number of hydrogen-bond donors (Lipinski definition) is 1. The molecule has 0 spiro atoms. The van der Waals surface area contributed by atoms with Crippen molar-refractivity contribution in [3.05, 3.63) is 29.8 Å². The number of nitrogens with zero attached hydrogens (tertiary/aromatic N) is 1. The standard InChI is InChI=1S/C13H21NO/c1-5-13(2,3)14(4)10-11-6-8-12(15)9-7-11/h6-9,15H,5,10H2,1-4H3. The highest BCUT2D eigenvalue weighted by molar-refractivity contribution is 5.25. The van der Waals surface area contributed by atoms with E-state index in [-0.39, 0.29) is 5.54 Å². The van der Waals surface area contributed by atoms with E-state index in [0.29, 0.717) is 5.75 Å². The van der Waals surface area contributed by atoms with Crippen LogP contribution in [0.25, 0.3) is 0 Å². The molecule has 0 heterocycles. The summed E-state index contributed by atoms with van der Waals surface area (Å²) in [5, 5.41) is 9.18. The fourth-order valence-electron chi connectivity index (χ4n) is 1.36. The van der Waals surface area contributed by atoms with Crippen LogP contribution in [-0.2, 0) is 6.54 Å². The van der Waals surface area contributed by atoms with Crippen molar-refractivity contribution in [1.82, 2.24) is 4.90 Å². The maximum absolute atomic E-state index is 9.18. The molecule has 0 fully saturated rings. The zero-order valence-electron chi connectivity index (χ0n) is 10.1. The van der Waals surface area contributed by atoms with Crippen LogP contribution in [0.5, 0.6) is 5.75 Å². The number of rotatable bonds is 4. The van der Waals surface area contributed by atoms with E-state index in [0.717, 1.165) is 13.0 Å². The summed E-state index contributed by atoms with van der Waals surface area (Å²) in [4.78, 5) is 2.33. The van der Waals surface area contributed by atoms with E-state index in [1.807, 2.05) is 12.1 Å². The molecule has 0 aliphatic rings. The largest absolute Gasteiger partial charge is 0.508 e. The second-order valence-corrected chi connectivity index (χ2v) is 4.69. The Labute approximate surface area is 92.5 Å². The Kier molecular flexibility index (Phi) is 3.75. The SMILES string of the molecule is CCC(C)(C)N(C)Cc1ccc(O)cc1. The zero-order chi connectivity index (χ0) is 11.5. The summed E-state index contributed by atoms with van der Waals surface area (Å²) in [6, 6.07) is 7.42. The molecule has 0 atom stereocenters. The first-order valence-corrected chi connectivity index (χ1v) is 5.45. The molecule has 1 rings (SSSR count). The molecule has 2 nitrogen and oxygen atoms in total. The summed E-state index contributed by atoms with van der Waals surface area (Å²) in [5.41, 5.74) is 1.45. The number of phenolic OH excluding ortho intramolecular Hbond substituents is 1. The molecule has 0 saturated heterocycles. The van der Waals surface area contributed by atoms with Crippen molar-refractivity contribution in [1.29, 1.82) is 0 Å². The molecule has 1 aromatic rings. The van der Waals surface area contributed by atoms with Gasteiger partial charge in [0.1, 0.15) is 5.75 Å². The van der Waals surface area contributed by atoms with Crippen LogP contribution >= 0.6 is 0 Å². The van der Waals surface area contributed by atoms with Gasteiger partial charge in [-0.3, -0.25) is 4.90 Å². The minimum Gasteiger partial charge on any atom is -0.508 e. The molecule has 1 aromatic carbocycles. The van der Waals surface area contributed by atoms with Crippen LogP contribution in [0.1, 0.15) is 32.8 Å². The van der Waals surface area contributed by atoms with Crippen LogP contribution in [0.4, 0.5) is 0 Å². The average Bonchev–Trinajstić information content (AvgIpc) is 2.21. The summed E-state index contributed by atoms with van der Waals surface area (Å²) in [5.74, 6) is 0.330. The van der Waals surface area contributed by atoms with Crippen LogP contribution in [0.15, 0.2) is 24.3 Å². The summed E-state index contributed by atoms with van der Waals surface area (Å²) in [6.45, 7) is 7.61. The first-order chi connectivity index (χ1) is 6.95. The van der Waals surface area contributed by atoms with Gasteiger partial charge < -0.3 is 5.11 Å². The maximum atomic E-state index is 9.18. The first-order valence-electron chi connectivity index (χ1n) is 5.45. The molecule has 0 unspecified atom stereocenters. The lowest BCUT2D eigenvalue weighted by atomic mass is 9.99. The molecule has 0 aromatic heterocycles. The van der Waals surface area contributed by atoms with E-state index in [1.54, 1.807) is 12.1 Å². The van der Waals surface area contributed by atoms with Crippen LogP contribution in [0.3, 0.4) is 0 Å². The van der Waals surface area contributed by atoms with E-state index in [1.165, 1.54) is 5.56 Å². The highest BCUT2D eigenvalue weighted by atomic mass is 16.3. The Morgan fingerprint density at radius 2 is 1.73 bits per heavy atom. The van der Waals surface area contributed by atoms with Crippen molar-refractivity contribution in [3.63, 3.8) is 0 Å². The highest BCUT2D eigenvalue weighted by Gasteiger charge is 2.20. The minimum absolute atomic E-state index is 0.220. The Balaban J connectivity index is 2.66. The van der Waals surface area contributed by atoms with E-state index < -0.39 is 0 Å². The van der Waals surface area contributed by atoms with Gasteiger partial charge in [-0.05, 0) is 45.0 Å². The Morgan fingerprint density at radius 3 is 2.20 bits per heavy atom. The summed E-state index contributed by atoms with van der Waals surface area (Å²) in [6.07, 6.45) is 1.13. The monoisotopic (exact) mass is 207 g/mol. The molecule has 0 radical (unpaired) electrons. The van der Waals surface area contributed by atoms with Crippen molar-refractivity contribution in [2.24, 2.45) is 0 Å². The smallest absolute Gasteiger partial charge is 0.115 e. The molecule has 0 aliphatic heterocycles. The fraction of sp³-hybridized carbons (Fsp3) is 0.538. The van der Waals surface area contributed by atoms with Gasteiger partial charge in [0.2, 0.25) is 0 Å². The normalized spacial score (nSPS) is 12.1. The second-order valence-electron chi connectivity index (χ2n) is 4.69. The third-order valence-corrected chi connectivity index (χ3v) is 3.25. The van der Waals surface area contributed by atoms with Crippen molar-refractivity contribution in [2.45, 2.75) is 39.3 Å². The molecule has 1 N–H and O–H groups in total. The number of aromatic hydroxyl groups is 1. The van der Waals surface area contributed by atoms with Gasteiger partial charge in [-0.15, -0.1) is 0 Å². The first kappa shape index (κ1) is 12.1. The van der Waals surface area contributed by atoms with Crippen molar-refractivity contribution in [3.8, 4) is 5.75 Å². The Bertz CT molecular complexity index is 303. The lowest BCUT2D eigenvalue weighted by Gasteiger charge is -2.34. The van der Waals surface area contributed by atoms with Crippen LogP contribution in [0.2, 0.25) is 0 Å². The number of phenols is 1. The molecule has 84 valence electrons. The van der Waals surface area contributed by atoms with Crippen LogP contribution in [-0.4, -0.2) is 22.6 Å². The van der Waals surface area contributed by atoms with Gasteiger partial charge in [-0.2, -0.15) is 0 Å². The van der Waals surface area contributed by atoms with Crippen LogP contribution < -0.4 is 0 Å². The van der Waals surface area contributed by atoms with Gasteiger partial charge in [0.25, 0.3) is 0 Å². The molecular formula is C13H21NO. The van der Waals surface area contributed by atoms with E-state index in [9.17, 15) is 5.11 Å². The highest BCUT2D eigenvalue weighted by Crippen LogP contribution is 2.19. The summed E-state index contributed by atoms with van der Waals surface area (Å²) in [7, 11) is 2.14. The van der Waals surface area contributed by atoms with Gasteiger partial charge in [0.15, 0.2) is 0 Å². The zero-order valence-corrected chi connectivity index (χ0v) is 10.1. The molecule has 0 aliphatic carbocycles. The van der Waals surface area contributed by atoms with Crippen molar-refractivity contribution < 1.29 is 5.11 Å². The van der Waals surface area contributed by atoms with Gasteiger partial charge >= 0.3 is 0 Å². The summed E-state index contributed by atoms with van der Waals surface area (Å²) < 4.78 is 0. The van der Waals surface area contributed by atoms with E-state index in [2.05, 4.69) is 32.7 Å². The second kappa shape index (κ2) is 4.67. The van der Waals surface area contributed by atoms with Gasteiger partial charge in [-0.1, -0.05) is 19.1 Å². The predicted octanol–water partition coefficient (Wildman–Crippen LogP) is 3.01. The van der Waals surface area contributed by atoms with Crippen LogP contribution in [0, 0.1) is 0 Å². The van der Waals surface area contributed by atoms with E-state index >= 15 is 0 Å². The fourth-order valence-corrected chi connectivity index (χ4v) is 1.36. The van der Waals surface area contributed by atoms with Crippen molar-refractivity contribution in [2.75, 3.05) is 7.05 Å². The van der Waals surface area contributed by atoms with Crippen molar-refractivity contribution >= 4 is 0 Å². The third-order valence-electron chi connectivity index (χ3n) is 3.25. The lowest BCUT2D eigenvalue weighted by molar-refractivity contribution is 0.143. The number of benzene rings is 1. The lowest BCUT2D eigenvalue weighted by Crippen LogP contribution is -2.39. The third kappa shape index (κ3) is 3.24. The molecular weight excluding hydrogens is 186 g/mol. The average molecular weight is 207 g/mol. The topological polar surface area (TPSA) is 23.5 Å². The quantitative estimate of drug-likeness (QED) is 0.820. The minimum atomic E-state index is 0.220. The Hall–Kier alpha value is -1.02. The van der Waals surface area contributed by atoms with Gasteiger partial charge in [0.05, 0.1) is 0 Å². The predicted molar refractivity (Wildman–Crippen MR) is 63.9 cm³/mol. The summed E-state index contributed by atoms with van der Waals surface area (Å²) >= 11 is 0. The molecule has 0 saturated carbocycles. The molecule has 0 amide bonds. The molecule has 0 bridgehead atoms. The maximum Gasteiger partial charge on any atom is 0.115 e. The van der Waals surface area contributed by atoms with Gasteiger partial charge in [-0.25, -0.2) is 0 Å². The Morgan fingerprint density at radius 1 is 1.20 bits per heavy atom. The van der Waals surface area contributed by atoms with E-state index in [4.69, 9.17) is 0 Å². The molecule has 15 heavy (non-hydrogen) atoms.